The van der Waals surface area contributed by atoms with Gasteiger partial charge >= 0.3 is 0 Å². The SMILES string of the molecule is O=C(Cc1ccccc1[N+](=O)[O-])NCC1(O)CCC1. The lowest BCUT2D eigenvalue weighted by atomic mass is 9.80. The van der Waals surface area contributed by atoms with Crippen LogP contribution in [0.25, 0.3) is 0 Å². The number of para-hydroxylation sites is 1. The highest BCUT2D eigenvalue weighted by Crippen LogP contribution is 2.30. The van der Waals surface area contributed by atoms with E-state index >= 15 is 0 Å². The summed E-state index contributed by atoms with van der Waals surface area (Å²) in [5, 5.41) is 23.3. The maximum atomic E-state index is 11.7. The van der Waals surface area contributed by atoms with Gasteiger partial charge in [-0.15, -0.1) is 0 Å². The van der Waals surface area contributed by atoms with E-state index < -0.39 is 10.5 Å². The second-order valence-electron chi connectivity index (χ2n) is 4.92. The topological polar surface area (TPSA) is 92.5 Å². The van der Waals surface area contributed by atoms with Crippen LogP contribution < -0.4 is 5.32 Å². The van der Waals surface area contributed by atoms with Crippen LogP contribution in [0.5, 0.6) is 0 Å². The van der Waals surface area contributed by atoms with Crippen molar-refractivity contribution >= 4 is 11.6 Å². The minimum absolute atomic E-state index is 0.0484. The highest BCUT2D eigenvalue weighted by molar-refractivity contribution is 5.79. The summed E-state index contributed by atoms with van der Waals surface area (Å²) in [5.41, 5.74) is -0.455. The van der Waals surface area contributed by atoms with Crippen LogP contribution in [-0.4, -0.2) is 28.1 Å². The highest BCUT2D eigenvalue weighted by Gasteiger charge is 2.34. The number of nitro benzene ring substituents is 1. The molecule has 2 N–H and O–H groups in total. The summed E-state index contributed by atoms with van der Waals surface area (Å²) in [5.74, 6) is -0.311. The van der Waals surface area contributed by atoms with Crippen molar-refractivity contribution in [3.8, 4) is 0 Å². The number of hydrogen-bond donors (Lipinski definition) is 2. The molecule has 6 nitrogen and oxygen atoms in total. The zero-order valence-electron chi connectivity index (χ0n) is 10.5. The molecule has 6 heteroatoms. The van der Waals surface area contributed by atoms with E-state index in [1.54, 1.807) is 18.2 Å². The zero-order valence-corrected chi connectivity index (χ0v) is 10.5. The summed E-state index contributed by atoms with van der Waals surface area (Å²) >= 11 is 0. The van der Waals surface area contributed by atoms with Gasteiger partial charge in [0.1, 0.15) is 0 Å². The average molecular weight is 264 g/mol. The van der Waals surface area contributed by atoms with Crippen molar-refractivity contribution in [3.05, 3.63) is 39.9 Å². The summed E-state index contributed by atoms with van der Waals surface area (Å²) in [6.45, 7) is 0.215. The van der Waals surface area contributed by atoms with E-state index in [0.717, 1.165) is 6.42 Å². The third kappa shape index (κ3) is 3.29. The molecule has 19 heavy (non-hydrogen) atoms. The highest BCUT2D eigenvalue weighted by atomic mass is 16.6. The van der Waals surface area contributed by atoms with E-state index in [1.807, 2.05) is 0 Å². The number of carbonyl (C=O) groups excluding carboxylic acids is 1. The summed E-state index contributed by atoms with van der Waals surface area (Å²) in [4.78, 5) is 22.0. The van der Waals surface area contributed by atoms with Crippen LogP contribution in [0, 0.1) is 10.1 Å². The van der Waals surface area contributed by atoms with Crippen LogP contribution in [0.3, 0.4) is 0 Å². The van der Waals surface area contributed by atoms with Crippen molar-refractivity contribution in [1.29, 1.82) is 0 Å². The fourth-order valence-electron chi connectivity index (χ4n) is 2.10. The number of nitro groups is 1. The van der Waals surface area contributed by atoms with Crippen LogP contribution in [0.15, 0.2) is 24.3 Å². The third-order valence-electron chi connectivity index (χ3n) is 3.44. The Hall–Kier alpha value is -1.95. The quantitative estimate of drug-likeness (QED) is 0.616. The normalized spacial score (nSPS) is 16.5. The van der Waals surface area contributed by atoms with Gasteiger partial charge in [0.05, 0.1) is 16.9 Å². The van der Waals surface area contributed by atoms with Gasteiger partial charge in [0.25, 0.3) is 5.69 Å². The van der Waals surface area contributed by atoms with Crippen molar-refractivity contribution in [1.82, 2.24) is 5.32 Å². The zero-order chi connectivity index (χ0) is 13.9. The number of carbonyl (C=O) groups is 1. The molecule has 2 rings (SSSR count). The van der Waals surface area contributed by atoms with E-state index in [4.69, 9.17) is 0 Å². The van der Waals surface area contributed by atoms with Crippen LogP contribution in [0.1, 0.15) is 24.8 Å². The molecule has 0 spiro atoms. The molecule has 0 radical (unpaired) electrons. The van der Waals surface area contributed by atoms with E-state index in [2.05, 4.69) is 5.32 Å². The predicted molar refractivity (Wildman–Crippen MR) is 68.6 cm³/mol. The van der Waals surface area contributed by atoms with E-state index in [9.17, 15) is 20.0 Å². The summed E-state index contributed by atoms with van der Waals surface area (Å²) < 4.78 is 0. The molecule has 1 aromatic rings. The second-order valence-corrected chi connectivity index (χ2v) is 4.92. The molecule has 0 saturated heterocycles. The Kier molecular flexibility index (Phi) is 3.80. The number of rotatable bonds is 5. The third-order valence-corrected chi connectivity index (χ3v) is 3.44. The van der Waals surface area contributed by atoms with E-state index in [0.29, 0.717) is 18.4 Å². The van der Waals surface area contributed by atoms with Crippen molar-refractivity contribution < 1.29 is 14.8 Å². The first kappa shape index (κ1) is 13.5. The number of amides is 1. The Morgan fingerprint density at radius 3 is 2.68 bits per heavy atom. The minimum Gasteiger partial charge on any atom is -0.388 e. The first-order valence-electron chi connectivity index (χ1n) is 6.22. The molecule has 1 saturated carbocycles. The van der Waals surface area contributed by atoms with Gasteiger partial charge in [0.15, 0.2) is 0 Å². The molecular weight excluding hydrogens is 248 g/mol. The van der Waals surface area contributed by atoms with E-state index in [1.165, 1.54) is 6.07 Å². The first-order valence-corrected chi connectivity index (χ1v) is 6.22. The Bertz CT molecular complexity index is 497. The van der Waals surface area contributed by atoms with Crippen molar-refractivity contribution in [3.63, 3.8) is 0 Å². The molecule has 0 aromatic heterocycles. The van der Waals surface area contributed by atoms with Crippen molar-refractivity contribution in [2.24, 2.45) is 0 Å². The fourth-order valence-corrected chi connectivity index (χ4v) is 2.10. The second kappa shape index (κ2) is 5.36. The number of nitrogens with zero attached hydrogens (tertiary/aromatic N) is 1. The minimum atomic E-state index is -0.779. The Morgan fingerprint density at radius 1 is 1.42 bits per heavy atom. The molecule has 1 aliphatic carbocycles. The standard InChI is InChI=1S/C13H16N2O4/c16-12(14-9-13(17)6-3-7-13)8-10-4-1-2-5-11(10)15(18)19/h1-2,4-5,17H,3,6-9H2,(H,14,16). The maximum Gasteiger partial charge on any atom is 0.273 e. The van der Waals surface area contributed by atoms with E-state index in [-0.39, 0.29) is 24.6 Å². The lowest BCUT2D eigenvalue weighted by molar-refractivity contribution is -0.385. The first-order chi connectivity index (χ1) is 9.00. The largest absolute Gasteiger partial charge is 0.388 e. The number of benzene rings is 1. The molecule has 1 fully saturated rings. The number of hydrogen-bond acceptors (Lipinski definition) is 4. The Labute approximate surface area is 110 Å². The molecule has 0 unspecified atom stereocenters. The summed E-state index contributed by atoms with van der Waals surface area (Å²) in [6.07, 6.45) is 2.31. The summed E-state index contributed by atoms with van der Waals surface area (Å²) in [6, 6.07) is 6.17. The lowest BCUT2D eigenvalue weighted by Crippen LogP contribution is -2.48. The maximum absolute atomic E-state index is 11.7. The molecule has 0 bridgehead atoms. The van der Waals surface area contributed by atoms with Gasteiger partial charge in [-0.1, -0.05) is 18.2 Å². The summed E-state index contributed by atoms with van der Waals surface area (Å²) in [7, 11) is 0. The monoisotopic (exact) mass is 264 g/mol. The molecule has 0 heterocycles. The molecule has 0 aliphatic heterocycles. The van der Waals surface area contributed by atoms with Gasteiger partial charge < -0.3 is 10.4 Å². The molecular formula is C13H16N2O4. The smallest absolute Gasteiger partial charge is 0.273 e. The molecule has 0 atom stereocenters. The van der Waals surface area contributed by atoms with Gasteiger partial charge in [-0.3, -0.25) is 14.9 Å². The molecule has 102 valence electrons. The fraction of sp³-hybridized carbons (Fsp3) is 0.462. The van der Waals surface area contributed by atoms with Gasteiger partial charge in [-0.25, -0.2) is 0 Å². The molecule has 1 aromatic carbocycles. The predicted octanol–water partition coefficient (Wildman–Crippen LogP) is 1.17. The van der Waals surface area contributed by atoms with Crippen molar-refractivity contribution in [2.75, 3.05) is 6.54 Å². The molecule has 1 amide bonds. The lowest BCUT2D eigenvalue weighted by Gasteiger charge is -2.36. The average Bonchev–Trinajstić information content (AvgIpc) is 2.34. The van der Waals surface area contributed by atoms with Crippen LogP contribution in [0.4, 0.5) is 5.69 Å². The number of aliphatic hydroxyl groups is 1. The van der Waals surface area contributed by atoms with Crippen LogP contribution >= 0.6 is 0 Å². The molecule has 1 aliphatic rings. The van der Waals surface area contributed by atoms with Gasteiger partial charge in [-0.05, 0) is 19.3 Å². The van der Waals surface area contributed by atoms with Gasteiger partial charge in [0, 0.05) is 18.2 Å². The van der Waals surface area contributed by atoms with Gasteiger partial charge in [0.2, 0.25) is 5.91 Å². The van der Waals surface area contributed by atoms with Crippen LogP contribution in [-0.2, 0) is 11.2 Å². The van der Waals surface area contributed by atoms with Crippen molar-refractivity contribution in [2.45, 2.75) is 31.3 Å². The van der Waals surface area contributed by atoms with Crippen LogP contribution in [0.2, 0.25) is 0 Å². The Balaban J connectivity index is 1.93. The number of nitrogens with one attached hydrogen (secondary N) is 1. The van der Waals surface area contributed by atoms with Gasteiger partial charge in [-0.2, -0.15) is 0 Å². The Morgan fingerprint density at radius 2 is 2.11 bits per heavy atom.